The Hall–Kier alpha value is -0.240. The molecule has 2 unspecified atom stereocenters. The van der Waals surface area contributed by atoms with Crippen LogP contribution in [-0.4, -0.2) is 73.3 Å². The van der Waals surface area contributed by atoms with E-state index in [2.05, 4.69) is 0 Å². The van der Waals surface area contributed by atoms with Crippen molar-refractivity contribution in [1.29, 1.82) is 0 Å². The number of likely N-dealkylation sites (tertiary alicyclic amines) is 1. The van der Waals surface area contributed by atoms with Gasteiger partial charge in [-0.15, -0.1) is 0 Å². The van der Waals surface area contributed by atoms with Gasteiger partial charge in [-0.3, -0.25) is 4.90 Å². The van der Waals surface area contributed by atoms with Crippen LogP contribution in [0.5, 0.6) is 0 Å². The molecule has 3 N–H and O–H groups in total. The fraction of sp³-hybridized carbons (Fsp3) is 1.00. The second kappa shape index (κ2) is 6.63. The zero-order chi connectivity index (χ0) is 12.9. The highest BCUT2D eigenvalue weighted by Crippen LogP contribution is 2.37. The Balaban J connectivity index is 2.72. The van der Waals surface area contributed by atoms with Crippen molar-refractivity contribution in [3.05, 3.63) is 0 Å². The molecule has 1 fully saturated rings. The van der Waals surface area contributed by atoms with Crippen LogP contribution in [0.3, 0.4) is 0 Å². The lowest BCUT2D eigenvalue weighted by Crippen LogP contribution is -2.56. The number of nitrogens with zero attached hydrogens (tertiary/aromatic N) is 1. The minimum atomic E-state index is -0.781. The van der Waals surface area contributed by atoms with Gasteiger partial charge in [-0.1, -0.05) is 0 Å². The van der Waals surface area contributed by atoms with Gasteiger partial charge in [0.1, 0.15) is 12.5 Å². The minimum Gasteiger partial charge on any atom is -0.395 e. The van der Waals surface area contributed by atoms with Gasteiger partial charge in [0, 0.05) is 26.2 Å². The molecule has 6 heteroatoms. The van der Waals surface area contributed by atoms with Gasteiger partial charge in [0.2, 0.25) is 0 Å². The van der Waals surface area contributed by atoms with Crippen molar-refractivity contribution in [2.75, 3.05) is 40.6 Å². The number of hydrogen-bond donors (Lipinski definition) is 3. The molecule has 0 amide bonds. The molecule has 102 valence electrons. The number of hydrogen-bond acceptors (Lipinski definition) is 6. The zero-order valence-electron chi connectivity index (χ0n) is 10.5. The predicted octanol–water partition coefficient (Wildman–Crippen LogP) is -1.01. The van der Waals surface area contributed by atoms with Crippen molar-refractivity contribution in [3.8, 4) is 0 Å². The molecule has 17 heavy (non-hydrogen) atoms. The summed E-state index contributed by atoms with van der Waals surface area (Å²) in [7, 11) is 3.19. The quantitative estimate of drug-likeness (QED) is 0.559. The summed E-state index contributed by atoms with van der Waals surface area (Å²) in [5.74, 6) is 0. The van der Waals surface area contributed by atoms with Crippen LogP contribution in [0.2, 0.25) is 0 Å². The standard InChI is InChI=1S/C11H23NO5/c1-16-7-11(8-17-2)5-9(14)12(3-4-13)10(15)6-11/h9-10,13-15H,3-8H2,1-2H3. The third-order valence-electron chi connectivity index (χ3n) is 3.26. The Morgan fingerprint density at radius 3 is 1.94 bits per heavy atom. The highest BCUT2D eigenvalue weighted by atomic mass is 16.5. The van der Waals surface area contributed by atoms with E-state index in [1.807, 2.05) is 0 Å². The van der Waals surface area contributed by atoms with Crippen molar-refractivity contribution in [2.45, 2.75) is 25.3 Å². The average molecular weight is 249 g/mol. The number of rotatable bonds is 6. The molecule has 0 saturated carbocycles. The fourth-order valence-electron chi connectivity index (χ4n) is 2.59. The van der Waals surface area contributed by atoms with Gasteiger partial charge < -0.3 is 24.8 Å². The second-order valence-electron chi connectivity index (χ2n) is 4.70. The first-order chi connectivity index (χ1) is 8.08. The van der Waals surface area contributed by atoms with Crippen LogP contribution < -0.4 is 0 Å². The first-order valence-corrected chi connectivity index (χ1v) is 5.79. The van der Waals surface area contributed by atoms with E-state index in [1.54, 1.807) is 14.2 Å². The molecule has 1 saturated heterocycles. The molecule has 6 nitrogen and oxygen atoms in total. The Kier molecular flexibility index (Phi) is 5.78. The molecule has 0 aromatic heterocycles. The molecule has 1 aliphatic heterocycles. The summed E-state index contributed by atoms with van der Waals surface area (Å²) in [5, 5.41) is 28.9. The van der Waals surface area contributed by atoms with Gasteiger partial charge in [-0.2, -0.15) is 0 Å². The topological polar surface area (TPSA) is 82.4 Å². The van der Waals surface area contributed by atoms with Crippen molar-refractivity contribution in [1.82, 2.24) is 4.90 Å². The predicted molar refractivity (Wildman–Crippen MR) is 61.2 cm³/mol. The maximum Gasteiger partial charge on any atom is 0.110 e. The highest BCUT2D eigenvalue weighted by molar-refractivity contribution is 4.90. The highest BCUT2D eigenvalue weighted by Gasteiger charge is 2.43. The van der Waals surface area contributed by atoms with E-state index in [1.165, 1.54) is 4.90 Å². The van der Waals surface area contributed by atoms with E-state index < -0.39 is 12.5 Å². The van der Waals surface area contributed by atoms with Crippen LogP contribution in [-0.2, 0) is 9.47 Å². The molecule has 1 heterocycles. The third-order valence-corrected chi connectivity index (χ3v) is 3.26. The summed E-state index contributed by atoms with van der Waals surface area (Å²) < 4.78 is 10.3. The molecule has 0 radical (unpaired) electrons. The first-order valence-electron chi connectivity index (χ1n) is 5.79. The van der Waals surface area contributed by atoms with E-state index in [0.717, 1.165) is 0 Å². The molecule has 1 aliphatic rings. The van der Waals surface area contributed by atoms with Crippen LogP contribution in [0.15, 0.2) is 0 Å². The summed E-state index contributed by atoms with van der Waals surface area (Å²) >= 11 is 0. The fourth-order valence-corrected chi connectivity index (χ4v) is 2.59. The van der Waals surface area contributed by atoms with Crippen LogP contribution in [0.1, 0.15) is 12.8 Å². The van der Waals surface area contributed by atoms with Crippen molar-refractivity contribution in [2.24, 2.45) is 5.41 Å². The Morgan fingerprint density at radius 1 is 1.12 bits per heavy atom. The van der Waals surface area contributed by atoms with Gasteiger partial charge in [0.05, 0.1) is 19.8 Å². The summed E-state index contributed by atoms with van der Waals surface area (Å²) in [4.78, 5) is 1.49. The first kappa shape index (κ1) is 14.8. The molecular weight excluding hydrogens is 226 g/mol. The lowest BCUT2D eigenvalue weighted by Gasteiger charge is -2.46. The van der Waals surface area contributed by atoms with Crippen LogP contribution in [0.25, 0.3) is 0 Å². The number of aliphatic hydroxyl groups is 3. The maximum atomic E-state index is 10.0. The lowest BCUT2D eigenvalue weighted by molar-refractivity contribution is -0.191. The second-order valence-corrected chi connectivity index (χ2v) is 4.70. The lowest BCUT2D eigenvalue weighted by atomic mass is 9.78. The molecule has 0 aromatic rings. The van der Waals surface area contributed by atoms with Gasteiger partial charge in [0.15, 0.2) is 0 Å². The molecule has 2 atom stereocenters. The summed E-state index contributed by atoms with van der Waals surface area (Å²) in [6.07, 6.45) is -0.635. The Labute approximate surface area is 102 Å². The van der Waals surface area contributed by atoms with Crippen LogP contribution in [0, 0.1) is 5.41 Å². The third kappa shape index (κ3) is 3.61. The van der Waals surface area contributed by atoms with Crippen molar-refractivity contribution in [3.63, 3.8) is 0 Å². The van der Waals surface area contributed by atoms with E-state index in [9.17, 15) is 10.2 Å². The Bertz CT molecular complexity index is 206. The maximum absolute atomic E-state index is 10.0. The van der Waals surface area contributed by atoms with Crippen molar-refractivity contribution < 1.29 is 24.8 Å². The van der Waals surface area contributed by atoms with Gasteiger partial charge >= 0.3 is 0 Å². The largest absolute Gasteiger partial charge is 0.395 e. The smallest absolute Gasteiger partial charge is 0.110 e. The van der Waals surface area contributed by atoms with Crippen LogP contribution >= 0.6 is 0 Å². The number of ether oxygens (including phenoxy) is 2. The molecule has 1 rings (SSSR count). The molecule has 0 aliphatic carbocycles. The van der Waals surface area contributed by atoms with Gasteiger partial charge in [-0.25, -0.2) is 0 Å². The summed E-state index contributed by atoms with van der Waals surface area (Å²) in [5.41, 5.74) is -0.367. The van der Waals surface area contributed by atoms with E-state index in [4.69, 9.17) is 14.6 Å². The average Bonchev–Trinajstić information content (AvgIpc) is 2.24. The zero-order valence-corrected chi connectivity index (χ0v) is 10.5. The normalized spacial score (nSPS) is 29.5. The number of β-amino-alcohol motifs (C(OH)–C–C–N with tert-alkyl or cyclic N) is 1. The number of methoxy groups -OCH3 is 2. The molecule has 0 spiro atoms. The SMILES string of the molecule is COCC1(COC)CC(O)N(CCO)C(O)C1. The Morgan fingerprint density at radius 2 is 1.59 bits per heavy atom. The minimum absolute atomic E-state index is 0.0876. The van der Waals surface area contributed by atoms with E-state index in [-0.39, 0.29) is 18.6 Å². The monoisotopic (exact) mass is 249 g/mol. The van der Waals surface area contributed by atoms with Crippen molar-refractivity contribution >= 4 is 0 Å². The summed E-state index contributed by atoms with van der Waals surface area (Å²) in [6.45, 7) is 1.04. The molecule has 0 aromatic carbocycles. The molecule has 0 bridgehead atoms. The summed E-state index contributed by atoms with van der Waals surface area (Å²) in [6, 6.07) is 0. The van der Waals surface area contributed by atoms with Crippen LogP contribution in [0.4, 0.5) is 0 Å². The van der Waals surface area contributed by atoms with Gasteiger partial charge in [-0.05, 0) is 12.8 Å². The number of aliphatic hydroxyl groups excluding tert-OH is 3. The van der Waals surface area contributed by atoms with Gasteiger partial charge in [0.25, 0.3) is 0 Å². The van der Waals surface area contributed by atoms with E-state index >= 15 is 0 Å². The van der Waals surface area contributed by atoms with E-state index in [0.29, 0.717) is 26.1 Å². The number of piperidine rings is 1. The molecular formula is C11H23NO5.